The Morgan fingerprint density at radius 2 is 1.85 bits per heavy atom. The third-order valence-corrected chi connectivity index (χ3v) is 8.29. The van der Waals surface area contributed by atoms with Crippen molar-refractivity contribution in [3.63, 3.8) is 0 Å². The van der Waals surface area contributed by atoms with Crippen molar-refractivity contribution in [1.82, 2.24) is 0 Å². The van der Waals surface area contributed by atoms with Crippen LogP contribution in [0.25, 0.3) is 0 Å². The van der Waals surface area contributed by atoms with Crippen molar-refractivity contribution in [2.75, 3.05) is 26.2 Å². The van der Waals surface area contributed by atoms with Crippen LogP contribution in [0.3, 0.4) is 0 Å². The molecule has 0 spiro atoms. The predicted molar refractivity (Wildman–Crippen MR) is 109 cm³/mol. The number of carbonyl (C=O) groups excluding carboxylic acids is 1. The summed E-state index contributed by atoms with van der Waals surface area (Å²) < 4.78 is 7.13. The van der Waals surface area contributed by atoms with E-state index in [-0.39, 0.29) is 6.10 Å². The smallest absolute Gasteiger partial charge is 0.349 e. The van der Waals surface area contributed by atoms with Gasteiger partial charge in [0.1, 0.15) is 6.54 Å². The SMILES string of the molecule is CCCC[N+]12CCC(CC1)[C@@H](OC(=O)C(O)(c1cccs1)c1cccs1)C2. The molecular formula is C21H28NO3S2+. The second-order valence-electron chi connectivity index (χ2n) is 7.99. The molecule has 6 heteroatoms. The Balaban J connectivity index is 1.55. The molecule has 5 rings (SSSR count). The number of piperidine rings is 3. The highest BCUT2D eigenvalue weighted by molar-refractivity contribution is 7.12. The molecule has 3 aliphatic heterocycles. The lowest BCUT2D eigenvalue weighted by Crippen LogP contribution is -2.65. The van der Waals surface area contributed by atoms with Gasteiger partial charge in [-0.05, 0) is 29.3 Å². The number of hydrogen-bond donors (Lipinski definition) is 1. The zero-order valence-corrected chi connectivity index (χ0v) is 17.4. The standard InChI is InChI=1S/C21H28NO3S2/c1-2-3-10-22-11-8-16(9-12-22)17(15-22)25-20(23)21(24,18-6-4-13-26-18)19-7-5-14-27-19/h4-7,13-14,16-17,24H,2-3,8-12,15H2,1H3/q+1/t16?,17-,22?/m0/s1. The minimum absolute atomic E-state index is 0.0803. The molecule has 1 N–H and O–H groups in total. The predicted octanol–water partition coefficient (Wildman–Crippen LogP) is 4.00. The summed E-state index contributed by atoms with van der Waals surface area (Å²) in [4.78, 5) is 14.5. The van der Waals surface area contributed by atoms with Crippen LogP contribution in [0, 0.1) is 5.92 Å². The first kappa shape index (κ1) is 19.1. The van der Waals surface area contributed by atoms with Crippen molar-refractivity contribution in [1.29, 1.82) is 0 Å². The van der Waals surface area contributed by atoms with E-state index in [9.17, 15) is 9.90 Å². The van der Waals surface area contributed by atoms with Gasteiger partial charge in [0.25, 0.3) is 0 Å². The molecule has 0 saturated carbocycles. The van der Waals surface area contributed by atoms with Crippen LogP contribution in [0.4, 0.5) is 0 Å². The highest BCUT2D eigenvalue weighted by atomic mass is 32.1. The molecule has 2 aromatic rings. The van der Waals surface area contributed by atoms with Crippen LogP contribution in [0.2, 0.25) is 0 Å². The summed E-state index contributed by atoms with van der Waals surface area (Å²) >= 11 is 2.79. The highest BCUT2D eigenvalue weighted by Crippen LogP contribution is 2.40. The second-order valence-corrected chi connectivity index (χ2v) is 9.89. The maximum atomic E-state index is 13.3. The Morgan fingerprint density at radius 1 is 1.22 bits per heavy atom. The number of nitrogens with zero attached hydrogens (tertiary/aromatic N) is 1. The Morgan fingerprint density at radius 3 is 2.37 bits per heavy atom. The molecule has 3 fully saturated rings. The van der Waals surface area contributed by atoms with E-state index >= 15 is 0 Å². The lowest BCUT2D eigenvalue weighted by Gasteiger charge is -2.52. The largest absolute Gasteiger partial charge is 0.453 e. The lowest BCUT2D eigenvalue weighted by molar-refractivity contribution is -0.946. The fourth-order valence-electron chi connectivity index (χ4n) is 4.68. The maximum Gasteiger partial charge on any atom is 0.349 e. The average Bonchev–Trinajstić information content (AvgIpc) is 3.41. The first-order chi connectivity index (χ1) is 13.1. The van der Waals surface area contributed by atoms with Crippen LogP contribution in [0.5, 0.6) is 0 Å². The molecule has 146 valence electrons. The van der Waals surface area contributed by atoms with E-state index in [0.29, 0.717) is 15.7 Å². The van der Waals surface area contributed by atoms with Crippen molar-refractivity contribution < 1.29 is 19.1 Å². The van der Waals surface area contributed by atoms with Gasteiger partial charge >= 0.3 is 5.97 Å². The van der Waals surface area contributed by atoms with Gasteiger partial charge in [-0.25, -0.2) is 4.79 Å². The number of hydrogen-bond acceptors (Lipinski definition) is 5. The van der Waals surface area contributed by atoms with E-state index < -0.39 is 11.6 Å². The highest BCUT2D eigenvalue weighted by Gasteiger charge is 2.50. The molecule has 2 aromatic heterocycles. The molecule has 2 bridgehead atoms. The van der Waals surface area contributed by atoms with Gasteiger partial charge in [-0.3, -0.25) is 0 Å². The number of thiophene rings is 2. The Hall–Kier alpha value is -1.21. The van der Waals surface area contributed by atoms with Crippen LogP contribution in [0.1, 0.15) is 42.4 Å². The minimum Gasteiger partial charge on any atom is -0.453 e. The maximum absolute atomic E-state index is 13.3. The van der Waals surface area contributed by atoms with Crippen LogP contribution in [-0.4, -0.2) is 47.8 Å². The number of rotatable bonds is 7. The lowest BCUT2D eigenvalue weighted by atomic mass is 9.83. The van der Waals surface area contributed by atoms with E-state index in [2.05, 4.69) is 6.92 Å². The monoisotopic (exact) mass is 406 g/mol. The second kappa shape index (κ2) is 7.66. The first-order valence-corrected chi connectivity index (χ1v) is 11.7. The zero-order chi connectivity index (χ0) is 18.9. The molecule has 27 heavy (non-hydrogen) atoms. The van der Waals surface area contributed by atoms with Gasteiger partial charge in [0.15, 0.2) is 6.10 Å². The Bertz CT molecular complexity index is 714. The number of carbonyl (C=O) groups is 1. The van der Waals surface area contributed by atoms with Crippen LogP contribution >= 0.6 is 22.7 Å². The van der Waals surface area contributed by atoms with Crippen LogP contribution < -0.4 is 0 Å². The molecule has 0 radical (unpaired) electrons. The van der Waals surface area contributed by atoms with Crippen molar-refractivity contribution >= 4 is 28.6 Å². The topological polar surface area (TPSA) is 46.5 Å². The summed E-state index contributed by atoms with van der Waals surface area (Å²) in [5, 5.41) is 15.2. The van der Waals surface area contributed by atoms with Gasteiger partial charge in [0.05, 0.1) is 29.4 Å². The quantitative estimate of drug-likeness (QED) is 0.558. The van der Waals surface area contributed by atoms with Gasteiger partial charge in [-0.1, -0.05) is 25.5 Å². The molecule has 0 aromatic carbocycles. The van der Waals surface area contributed by atoms with Crippen molar-refractivity contribution in [2.24, 2.45) is 5.92 Å². The van der Waals surface area contributed by atoms with Crippen molar-refractivity contribution in [3.8, 4) is 0 Å². The summed E-state index contributed by atoms with van der Waals surface area (Å²) in [5.74, 6) is -0.0775. The average molecular weight is 407 g/mol. The fraction of sp³-hybridized carbons (Fsp3) is 0.571. The third-order valence-electron chi connectivity index (χ3n) is 6.34. The molecule has 3 aliphatic rings. The van der Waals surface area contributed by atoms with E-state index in [1.807, 2.05) is 35.0 Å². The zero-order valence-electron chi connectivity index (χ0n) is 15.8. The number of aliphatic hydroxyl groups is 1. The molecule has 1 atom stereocenters. The third kappa shape index (κ3) is 3.48. The van der Waals surface area contributed by atoms with Gasteiger partial charge in [-0.2, -0.15) is 0 Å². The number of unbranched alkanes of at least 4 members (excludes halogenated alkanes) is 1. The van der Waals surface area contributed by atoms with Gasteiger partial charge in [-0.15, -0.1) is 22.7 Å². The summed E-state index contributed by atoms with van der Waals surface area (Å²) in [5.41, 5.74) is -1.69. The Kier molecular flexibility index (Phi) is 5.43. The van der Waals surface area contributed by atoms with Crippen LogP contribution in [-0.2, 0) is 15.1 Å². The fourth-order valence-corrected chi connectivity index (χ4v) is 6.39. The summed E-state index contributed by atoms with van der Waals surface area (Å²) in [6.07, 6.45) is 4.59. The van der Waals surface area contributed by atoms with Gasteiger partial charge < -0.3 is 14.3 Å². The molecule has 0 amide bonds. The number of ether oxygens (including phenoxy) is 1. The van der Waals surface area contributed by atoms with E-state index in [4.69, 9.17) is 4.74 Å². The summed E-state index contributed by atoms with van der Waals surface area (Å²) in [6.45, 7) is 6.73. The van der Waals surface area contributed by atoms with Crippen molar-refractivity contribution in [3.05, 3.63) is 44.8 Å². The van der Waals surface area contributed by atoms with E-state index in [0.717, 1.165) is 23.9 Å². The molecule has 4 nitrogen and oxygen atoms in total. The van der Waals surface area contributed by atoms with Gasteiger partial charge in [0, 0.05) is 18.8 Å². The van der Waals surface area contributed by atoms with Gasteiger partial charge in [0.2, 0.25) is 5.60 Å². The number of fused-ring (bicyclic) bond motifs is 3. The molecule has 0 unspecified atom stereocenters. The normalized spacial score (nSPS) is 27.6. The number of esters is 1. The minimum atomic E-state index is -1.69. The summed E-state index contributed by atoms with van der Waals surface area (Å²) in [7, 11) is 0. The summed E-state index contributed by atoms with van der Waals surface area (Å²) in [6, 6.07) is 7.37. The van der Waals surface area contributed by atoms with Crippen molar-refractivity contribution in [2.45, 2.75) is 44.3 Å². The molecule has 3 saturated heterocycles. The molecular weight excluding hydrogens is 378 g/mol. The first-order valence-electron chi connectivity index (χ1n) is 9.94. The van der Waals surface area contributed by atoms with E-state index in [1.54, 1.807) is 0 Å². The molecule has 5 heterocycles. The molecule has 0 aliphatic carbocycles. The van der Waals surface area contributed by atoms with Crippen LogP contribution in [0.15, 0.2) is 35.0 Å². The number of quaternary nitrogens is 1. The van der Waals surface area contributed by atoms with E-state index in [1.165, 1.54) is 55.1 Å². The Labute approximate surface area is 169 Å².